The minimum Gasteiger partial charge on any atom is -0.491 e. The van der Waals surface area contributed by atoms with Gasteiger partial charge in [-0.2, -0.15) is 0 Å². The Kier molecular flexibility index (Phi) is 11.6. The summed E-state index contributed by atoms with van der Waals surface area (Å²) in [5.41, 5.74) is 6.40. The third-order valence-electron chi connectivity index (χ3n) is 4.51. The van der Waals surface area contributed by atoms with Crippen LogP contribution in [0.25, 0.3) is 0 Å². The van der Waals surface area contributed by atoms with E-state index in [0.29, 0.717) is 18.0 Å². The fourth-order valence-electron chi connectivity index (χ4n) is 2.94. The van der Waals surface area contributed by atoms with Gasteiger partial charge in [-0.3, -0.25) is 0 Å². The zero-order valence-electron chi connectivity index (χ0n) is 15.8. The Morgan fingerprint density at radius 3 is 1.92 bits per heavy atom. The molecule has 0 heterocycles. The summed E-state index contributed by atoms with van der Waals surface area (Å²) in [7, 11) is 0. The molecule has 4 nitrogen and oxygen atoms in total. The molecule has 0 aromatic heterocycles. The van der Waals surface area contributed by atoms with Crippen LogP contribution < -0.4 is 10.5 Å². The Morgan fingerprint density at radius 2 is 1.44 bits per heavy atom. The number of aromatic carboxylic acids is 1. The lowest BCUT2D eigenvalue weighted by Crippen LogP contribution is -2.03. The summed E-state index contributed by atoms with van der Waals surface area (Å²) >= 11 is 0. The van der Waals surface area contributed by atoms with Gasteiger partial charge in [0, 0.05) is 0 Å². The number of carboxylic acid groups (broad SMARTS) is 1. The van der Waals surface area contributed by atoms with Gasteiger partial charge < -0.3 is 15.6 Å². The topological polar surface area (TPSA) is 72.5 Å². The number of nitrogens with two attached hydrogens (primary N) is 1. The highest BCUT2D eigenvalue weighted by atomic mass is 16.5. The summed E-state index contributed by atoms with van der Waals surface area (Å²) in [6, 6.07) is 4.61. The third kappa shape index (κ3) is 10.0. The van der Waals surface area contributed by atoms with Crippen molar-refractivity contribution in [1.82, 2.24) is 0 Å². The molecule has 0 spiro atoms. The highest BCUT2D eigenvalue weighted by molar-refractivity contribution is 5.89. The maximum absolute atomic E-state index is 10.9. The average molecular weight is 350 g/mol. The Bertz CT molecular complexity index is 488. The zero-order chi connectivity index (χ0) is 18.3. The number of rotatable bonds is 15. The van der Waals surface area contributed by atoms with Gasteiger partial charge >= 0.3 is 5.97 Å². The molecule has 3 N–H and O–H groups in total. The highest BCUT2D eigenvalue weighted by Crippen LogP contribution is 2.23. The van der Waals surface area contributed by atoms with E-state index in [0.717, 1.165) is 6.42 Å². The lowest BCUT2D eigenvalue weighted by Gasteiger charge is -2.09. The molecule has 1 aromatic rings. The molecule has 1 rings (SSSR count). The van der Waals surface area contributed by atoms with Crippen LogP contribution in [0.2, 0.25) is 0 Å². The van der Waals surface area contributed by atoms with E-state index in [1.165, 1.54) is 82.8 Å². The molecule has 0 saturated carbocycles. The summed E-state index contributed by atoms with van der Waals surface area (Å²) in [6.07, 6.45) is 15.8. The van der Waals surface area contributed by atoms with E-state index in [9.17, 15) is 4.79 Å². The first-order chi connectivity index (χ1) is 12.1. The van der Waals surface area contributed by atoms with Gasteiger partial charge in [0.05, 0.1) is 17.9 Å². The first-order valence-electron chi connectivity index (χ1n) is 9.90. The molecule has 0 bridgehead atoms. The second-order valence-corrected chi connectivity index (χ2v) is 6.80. The molecule has 142 valence electrons. The van der Waals surface area contributed by atoms with Crippen LogP contribution in [-0.2, 0) is 0 Å². The number of carboxylic acids is 1. The predicted octanol–water partition coefficient (Wildman–Crippen LogP) is 6.05. The number of hydrogen-bond acceptors (Lipinski definition) is 3. The minimum atomic E-state index is -0.973. The first-order valence-corrected chi connectivity index (χ1v) is 9.90. The zero-order valence-corrected chi connectivity index (χ0v) is 15.8. The van der Waals surface area contributed by atoms with Crippen molar-refractivity contribution < 1.29 is 14.6 Å². The van der Waals surface area contributed by atoms with E-state index in [1.54, 1.807) is 6.07 Å². The Balaban J connectivity index is 1.96. The van der Waals surface area contributed by atoms with Crippen molar-refractivity contribution in [3.05, 3.63) is 23.8 Å². The Morgan fingerprint density at radius 1 is 0.920 bits per heavy atom. The minimum absolute atomic E-state index is 0.190. The number of unbranched alkanes of at least 4 members (excludes halogenated alkanes) is 11. The standard InChI is InChI=1S/C21H35NO3/c1-2-3-4-5-6-7-8-9-10-11-12-13-16-25-20-15-14-18(21(23)24)17-19(20)22/h14-15,17H,2-13,16,22H2,1H3,(H,23,24). The van der Waals surface area contributed by atoms with Crippen molar-refractivity contribution in [2.75, 3.05) is 12.3 Å². The van der Waals surface area contributed by atoms with Crippen molar-refractivity contribution in [3.8, 4) is 5.75 Å². The number of anilines is 1. The van der Waals surface area contributed by atoms with Crippen LogP contribution in [0.1, 0.15) is 94.3 Å². The number of benzene rings is 1. The van der Waals surface area contributed by atoms with Gasteiger partial charge in [0.1, 0.15) is 5.75 Å². The summed E-state index contributed by atoms with van der Waals surface area (Å²) in [4.78, 5) is 10.9. The van der Waals surface area contributed by atoms with Crippen LogP contribution in [0.3, 0.4) is 0 Å². The van der Waals surface area contributed by atoms with E-state index >= 15 is 0 Å². The van der Waals surface area contributed by atoms with Gasteiger partial charge in [0.25, 0.3) is 0 Å². The summed E-state index contributed by atoms with van der Waals surface area (Å²) < 4.78 is 5.65. The molecule has 4 heteroatoms. The second-order valence-electron chi connectivity index (χ2n) is 6.80. The SMILES string of the molecule is CCCCCCCCCCCCCCOc1ccc(C(=O)O)cc1N. The van der Waals surface area contributed by atoms with Gasteiger partial charge in [-0.05, 0) is 24.6 Å². The quantitative estimate of drug-likeness (QED) is 0.299. The molecule has 0 amide bonds. The smallest absolute Gasteiger partial charge is 0.335 e. The van der Waals surface area contributed by atoms with Gasteiger partial charge in [0.15, 0.2) is 0 Å². The van der Waals surface area contributed by atoms with E-state index < -0.39 is 5.97 Å². The van der Waals surface area contributed by atoms with Crippen molar-refractivity contribution in [3.63, 3.8) is 0 Å². The second kappa shape index (κ2) is 13.6. The van der Waals surface area contributed by atoms with Crippen LogP contribution in [0, 0.1) is 0 Å². The molecule has 0 aliphatic carbocycles. The Labute approximate surface area is 152 Å². The summed E-state index contributed by atoms with van der Waals surface area (Å²) in [6.45, 7) is 2.89. The van der Waals surface area contributed by atoms with Crippen molar-refractivity contribution >= 4 is 11.7 Å². The number of carbonyl (C=O) groups is 1. The van der Waals surface area contributed by atoms with E-state index in [4.69, 9.17) is 15.6 Å². The van der Waals surface area contributed by atoms with Gasteiger partial charge in [0.2, 0.25) is 0 Å². The lowest BCUT2D eigenvalue weighted by atomic mass is 10.1. The van der Waals surface area contributed by atoms with Crippen LogP contribution in [0.4, 0.5) is 5.69 Å². The van der Waals surface area contributed by atoms with Crippen LogP contribution in [0.15, 0.2) is 18.2 Å². The molecule has 0 aliphatic rings. The predicted molar refractivity (Wildman–Crippen MR) is 104 cm³/mol. The molecular formula is C21H35NO3. The number of ether oxygens (including phenoxy) is 1. The molecular weight excluding hydrogens is 314 g/mol. The summed E-state index contributed by atoms with van der Waals surface area (Å²) in [5, 5.41) is 8.90. The van der Waals surface area contributed by atoms with Crippen LogP contribution in [0.5, 0.6) is 5.75 Å². The van der Waals surface area contributed by atoms with Gasteiger partial charge in [-0.15, -0.1) is 0 Å². The third-order valence-corrected chi connectivity index (χ3v) is 4.51. The molecule has 0 saturated heterocycles. The molecule has 0 radical (unpaired) electrons. The molecule has 0 atom stereocenters. The van der Waals surface area contributed by atoms with Crippen molar-refractivity contribution in [2.24, 2.45) is 0 Å². The van der Waals surface area contributed by atoms with Crippen molar-refractivity contribution in [1.29, 1.82) is 0 Å². The molecule has 0 aliphatic heterocycles. The van der Waals surface area contributed by atoms with Gasteiger partial charge in [-0.1, -0.05) is 77.6 Å². The molecule has 0 unspecified atom stereocenters. The lowest BCUT2D eigenvalue weighted by molar-refractivity contribution is 0.0697. The number of nitrogen functional groups attached to an aromatic ring is 1. The van der Waals surface area contributed by atoms with Gasteiger partial charge in [-0.25, -0.2) is 4.79 Å². The summed E-state index contributed by atoms with van der Waals surface area (Å²) in [5.74, 6) is -0.396. The number of hydrogen-bond donors (Lipinski definition) is 2. The fraction of sp³-hybridized carbons (Fsp3) is 0.667. The Hall–Kier alpha value is -1.71. The monoisotopic (exact) mass is 349 g/mol. The average Bonchev–Trinajstić information content (AvgIpc) is 2.60. The fourth-order valence-corrected chi connectivity index (χ4v) is 2.94. The van der Waals surface area contributed by atoms with E-state index in [-0.39, 0.29) is 5.56 Å². The molecule has 1 aromatic carbocycles. The molecule has 0 fully saturated rings. The maximum atomic E-state index is 10.9. The van der Waals surface area contributed by atoms with Crippen molar-refractivity contribution in [2.45, 2.75) is 84.0 Å². The first kappa shape index (κ1) is 21.3. The maximum Gasteiger partial charge on any atom is 0.335 e. The highest BCUT2D eigenvalue weighted by Gasteiger charge is 2.06. The van der Waals surface area contributed by atoms with Crippen LogP contribution >= 0.6 is 0 Å². The van der Waals surface area contributed by atoms with E-state index in [1.807, 2.05) is 0 Å². The van der Waals surface area contributed by atoms with E-state index in [2.05, 4.69) is 6.92 Å². The normalized spacial score (nSPS) is 10.8. The largest absolute Gasteiger partial charge is 0.491 e. The van der Waals surface area contributed by atoms with Crippen LogP contribution in [-0.4, -0.2) is 17.7 Å². The molecule has 25 heavy (non-hydrogen) atoms.